The number of piperazine rings is 1. The Morgan fingerprint density at radius 2 is 1.82 bits per heavy atom. The van der Waals surface area contributed by atoms with Crippen molar-refractivity contribution < 1.29 is 9.59 Å². The van der Waals surface area contributed by atoms with E-state index in [0.29, 0.717) is 17.8 Å². The minimum Gasteiger partial charge on any atom is -0.369 e. The molecule has 2 N–H and O–H groups in total. The van der Waals surface area contributed by atoms with Crippen molar-refractivity contribution in [3.8, 4) is 0 Å². The van der Waals surface area contributed by atoms with E-state index < -0.39 is 0 Å². The van der Waals surface area contributed by atoms with E-state index in [1.54, 1.807) is 12.1 Å². The summed E-state index contributed by atoms with van der Waals surface area (Å²) in [6.07, 6.45) is 3.04. The second-order valence-corrected chi connectivity index (χ2v) is 6.72. The van der Waals surface area contributed by atoms with Crippen LogP contribution in [-0.2, 0) is 0 Å². The Hall–Kier alpha value is -3.19. The summed E-state index contributed by atoms with van der Waals surface area (Å²) in [4.78, 5) is 33.2. The fourth-order valence-electron chi connectivity index (χ4n) is 2.97. The van der Waals surface area contributed by atoms with Gasteiger partial charge in [0.1, 0.15) is 5.69 Å². The lowest BCUT2D eigenvalue weighted by Gasteiger charge is -2.34. The van der Waals surface area contributed by atoms with E-state index >= 15 is 0 Å². The highest BCUT2D eigenvalue weighted by Crippen LogP contribution is 2.20. The van der Waals surface area contributed by atoms with Crippen LogP contribution in [-0.4, -0.2) is 61.5 Å². The largest absolute Gasteiger partial charge is 0.369 e. The van der Waals surface area contributed by atoms with Gasteiger partial charge in [-0.1, -0.05) is 6.08 Å². The summed E-state index contributed by atoms with van der Waals surface area (Å²) >= 11 is 0. The van der Waals surface area contributed by atoms with E-state index in [1.807, 2.05) is 24.3 Å². The van der Waals surface area contributed by atoms with Crippen LogP contribution in [0.3, 0.4) is 0 Å². The Morgan fingerprint density at radius 3 is 2.50 bits per heavy atom. The number of likely N-dealkylation sites (N-methyl/N-ethyl adjacent to an activating group) is 1. The van der Waals surface area contributed by atoms with Crippen molar-refractivity contribution in [2.75, 3.05) is 50.0 Å². The van der Waals surface area contributed by atoms with Gasteiger partial charge in [-0.15, -0.1) is 6.58 Å². The van der Waals surface area contributed by atoms with Crippen LogP contribution in [0, 0.1) is 0 Å². The lowest BCUT2D eigenvalue weighted by Crippen LogP contribution is -2.44. The highest BCUT2D eigenvalue weighted by molar-refractivity contribution is 6.05. The molecule has 2 amide bonds. The third-order valence-electron chi connectivity index (χ3n) is 4.66. The standard InChI is InChI=1S/C21H25N5O2/c1-3-9-23-21(28)19-15-16(8-10-22-19)20(27)24-17-4-6-18(7-5-17)26-13-11-25(2)12-14-26/h3-8,10,15H,1,9,11-14H2,2H3,(H,23,28)(H,24,27). The molecule has 1 aromatic heterocycles. The Morgan fingerprint density at radius 1 is 1.11 bits per heavy atom. The number of benzene rings is 1. The molecule has 3 rings (SSSR count). The molecule has 0 saturated carbocycles. The van der Waals surface area contributed by atoms with Crippen molar-refractivity contribution in [3.63, 3.8) is 0 Å². The molecule has 1 aliphatic rings. The number of hydrogen-bond donors (Lipinski definition) is 2. The maximum absolute atomic E-state index is 12.5. The number of pyridine rings is 1. The Labute approximate surface area is 165 Å². The van der Waals surface area contributed by atoms with Crippen molar-refractivity contribution in [1.82, 2.24) is 15.2 Å². The average molecular weight is 379 g/mol. The zero-order valence-corrected chi connectivity index (χ0v) is 16.0. The maximum Gasteiger partial charge on any atom is 0.270 e. The van der Waals surface area contributed by atoms with Gasteiger partial charge in [-0.2, -0.15) is 0 Å². The van der Waals surface area contributed by atoms with Gasteiger partial charge >= 0.3 is 0 Å². The van der Waals surface area contributed by atoms with Gasteiger partial charge in [-0.3, -0.25) is 14.6 Å². The van der Waals surface area contributed by atoms with E-state index in [-0.39, 0.29) is 17.5 Å². The van der Waals surface area contributed by atoms with Gasteiger partial charge in [-0.25, -0.2) is 0 Å². The van der Waals surface area contributed by atoms with Crippen LogP contribution in [0.25, 0.3) is 0 Å². The summed E-state index contributed by atoms with van der Waals surface area (Å²) in [6.45, 7) is 7.98. The second-order valence-electron chi connectivity index (χ2n) is 6.72. The normalized spacial score (nSPS) is 14.4. The molecule has 7 nitrogen and oxygen atoms in total. The van der Waals surface area contributed by atoms with Crippen molar-refractivity contribution in [3.05, 3.63) is 66.5 Å². The average Bonchev–Trinajstić information content (AvgIpc) is 2.73. The van der Waals surface area contributed by atoms with Gasteiger partial charge in [0.2, 0.25) is 0 Å². The van der Waals surface area contributed by atoms with Crippen molar-refractivity contribution >= 4 is 23.2 Å². The number of amides is 2. The minimum absolute atomic E-state index is 0.194. The van der Waals surface area contributed by atoms with Crippen molar-refractivity contribution in [2.45, 2.75) is 0 Å². The van der Waals surface area contributed by atoms with Crippen LogP contribution in [0.2, 0.25) is 0 Å². The van der Waals surface area contributed by atoms with Gasteiger partial charge < -0.3 is 20.4 Å². The van der Waals surface area contributed by atoms with Gasteiger partial charge in [0.05, 0.1) is 0 Å². The third-order valence-corrected chi connectivity index (χ3v) is 4.66. The molecular weight excluding hydrogens is 354 g/mol. The van der Waals surface area contributed by atoms with Crippen LogP contribution in [0.5, 0.6) is 0 Å². The molecule has 1 fully saturated rings. The lowest BCUT2D eigenvalue weighted by atomic mass is 10.2. The van der Waals surface area contributed by atoms with Gasteiger partial charge in [-0.05, 0) is 43.4 Å². The molecule has 28 heavy (non-hydrogen) atoms. The van der Waals surface area contributed by atoms with E-state index in [0.717, 1.165) is 31.9 Å². The summed E-state index contributed by atoms with van der Waals surface area (Å²) in [7, 11) is 2.13. The highest BCUT2D eigenvalue weighted by Gasteiger charge is 2.15. The molecule has 0 aliphatic carbocycles. The monoisotopic (exact) mass is 379 g/mol. The summed E-state index contributed by atoms with van der Waals surface area (Å²) in [5.74, 6) is -0.626. The van der Waals surface area contributed by atoms with Crippen molar-refractivity contribution in [1.29, 1.82) is 0 Å². The predicted octanol–water partition coefficient (Wildman–Crippen LogP) is 2.00. The number of nitrogens with one attached hydrogen (secondary N) is 2. The molecule has 7 heteroatoms. The number of anilines is 2. The first-order valence-corrected chi connectivity index (χ1v) is 9.27. The fourth-order valence-corrected chi connectivity index (χ4v) is 2.97. The molecule has 1 saturated heterocycles. The first kappa shape index (κ1) is 19.6. The molecule has 0 atom stereocenters. The molecule has 2 aromatic rings. The molecule has 2 heterocycles. The number of hydrogen-bond acceptors (Lipinski definition) is 5. The van der Waals surface area contributed by atoms with E-state index in [9.17, 15) is 9.59 Å². The second kappa shape index (κ2) is 9.14. The van der Waals surface area contributed by atoms with E-state index in [4.69, 9.17) is 0 Å². The number of carbonyl (C=O) groups is 2. The number of rotatable bonds is 6. The van der Waals surface area contributed by atoms with Gasteiger partial charge in [0.25, 0.3) is 11.8 Å². The summed E-state index contributed by atoms with van der Waals surface area (Å²) in [6, 6.07) is 10.9. The van der Waals surface area contributed by atoms with E-state index in [2.05, 4.69) is 39.0 Å². The SMILES string of the molecule is C=CCNC(=O)c1cc(C(=O)Nc2ccc(N3CCN(C)CC3)cc2)ccn1. The first-order valence-electron chi connectivity index (χ1n) is 9.27. The summed E-state index contributed by atoms with van der Waals surface area (Å²) in [5.41, 5.74) is 2.43. The van der Waals surface area contributed by atoms with Crippen molar-refractivity contribution in [2.24, 2.45) is 0 Å². The topological polar surface area (TPSA) is 77.6 Å². The minimum atomic E-state index is -0.342. The van der Waals surface area contributed by atoms with Crippen LogP contribution in [0.15, 0.2) is 55.3 Å². The smallest absolute Gasteiger partial charge is 0.270 e. The number of carbonyl (C=O) groups excluding carboxylic acids is 2. The molecule has 1 aliphatic heterocycles. The Bertz CT molecular complexity index is 842. The molecule has 146 valence electrons. The highest BCUT2D eigenvalue weighted by atomic mass is 16.2. The molecule has 0 bridgehead atoms. The van der Waals surface area contributed by atoms with Gasteiger partial charge in [0, 0.05) is 55.9 Å². The molecule has 0 radical (unpaired) electrons. The molecule has 0 spiro atoms. The Kier molecular flexibility index (Phi) is 6.39. The predicted molar refractivity (Wildman–Crippen MR) is 111 cm³/mol. The van der Waals surface area contributed by atoms with Crippen LogP contribution in [0.4, 0.5) is 11.4 Å². The molecule has 0 unspecified atom stereocenters. The Balaban J connectivity index is 1.63. The third kappa shape index (κ3) is 4.95. The maximum atomic E-state index is 12.5. The van der Waals surface area contributed by atoms with Crippen LogP contribution < -0.4 is 15.5 Å². The summed E-state index contributed by atoms with van der Waals surface area (Å²) < 4.78 is 0. The quantitative estimate of drug-likeness (QED) is 0.751. The zero-order chi connectivity index (χ0) is 19.9. The van der Waals surface area contributed by atoms with Gasteiger partial charge in [0.15, 0.2) is 0 Å². The van der Waals surface area contributed by atoms with Crippen LogP contribution in [0.1, 0.15) is 20.8 Å². The first-order chi connectivity index (χ1) is 13.6. The number of aromatic nitrogens is 1. The fraction of sp³-hybridized carbons (Fsp3) is 0.286. The molecular formula is C21H25N5O2. The zero-order valence-electron chi connectivity index (χ0n) is 16.0. The molecule has 1 aromatic carbocycles. The number of nitrogens with zero attached hydrogens (tertiary/aromatic N) is 3. The lowest BCUT2D eigenvalue weighted by molar-refractivity contribution is 0.0953. The summed E-state index contributed by atoms with van der Waals surface area (Å²) in [5, 5.41) is 5.51. The van der Waals surface area contributed by atoms with Crippen LogP contribution >= 0.6 is 0 Å². The van der Waals surface area contributed by atoms with E-state index in [1.165, 1.54) is 12.3 Å².